The third-order valence-corrected chi connectivity index (χ3v) is 16.2. The number of carbonyl (C=O) groups is 2. The van der Waals surface area contributed by atoms with Gasteiger partial charge in [-0.15, -0.1) is 13.2 Å². The van der Waals surface area contributed by atoms with Gasteiger partial charge in [0.05, 0.1) is 65.3 Å². The second kappa shape index (κ2) is 28.3. The number of carbonyl (C=O) groups excluding carboxylic acids is 2. The number of nitrogens with two attached hydrogens (primary N) is 1. The maximum absolute atomic E-state index is 13.8. The van der Waals surface area contributed by atoms with Crippen LogP contribution in [0.5, 0.6) is 0 Å². The van der Waals surface area contributed by atoms with E-state index in [4.69, 9.17) is 24.7 Å². The number of nitro groups is 1. The molecule has 2 amide bonds. The van der Waals surface area contributed by atoms with Gasteiger partial charge in [-0.3, -0.25) is 19.9 Å². The number of piperidine rings is 2. The second-order valence-electron chi connectivity index (χ2n) is 22.5. The van der Waals surface area contributed by atoms with Crippen molar-refractivity contribution in [3.8, 4) is 0 Å². The molecule has 6 atom stereocenters. The normalized spacial score (nSPS) is 21.2. The fraction of sp³-hybridized carbons (Fsp3) is 0.364. The predicted molar refractivity (Wildman–Crippen MR) is 309 cm³/mol. The largest absolute Gasteiger partial charge is 0.445 e. The molecule has 0 aromatic heterocycles. The topological polar surface area (TPSA) is 147 Å². The summed E-state index contributed by atoms with van der Waals surface area (Å²) in [4.78, 5) is 42.2. The first-order valence-electron chi connectivity index (χ1n) is 28.3. The molecule has 0 radical (unpaired) electrons. The summed E-state index contributed by atoms with van der Waals surface area (Å²) in [6.45, 7) is 8.87. The predicted octanol–water partition coefficient (Wildman–Crippen LogP) is 17.1. The van der Waals surface area contributed by atoms with Crippen LogP contribution < -0.4 is 5.73 Å². The van der Waals surface area contributed by atoms with Crippen molar-refractivity contribution in [2.24, 2.45) is 5.73 Å². The number of likely N-dealkylation sites (tertiary alicyclic amines) is 2. The van der Waals surface area contributed by atoms with E-state index in [2.05, 4.69) is 13.2 Å². The van der Waals surface area contributed by atoms with Crippen LogP contribution in [0, 0.1) is 10.1 Å². The molecule has 0 bridgehead atoms. The van der Waals surface area contributed by atoms with E-state index in [-0.39, 0.29) is 75.3 Å². The molecule has 12 nitrogen and oxygen atoms in total. The third-order valence-electron chi connectivity index (χ3n) is 16.2. The van der Waals surface area contributed by atoms with E-state index in [1.54, 1.807) is 121 Å². The summed E-state index contributed by atoms with van der Waals surface area (Å²) in [6.07, 6.45) is -20.2. The smallest absolute Gasteiger partial charge is 0.416 e. The lowest BCUT2D eigenvalue weighted by Gasteiger charge is -2.52. The molecule has 2 heterocycles. The molecule has 8 rings (SSSR count). The molecule has 0 spiro atoms. The fourth-order valence-corrected chi connectivity index (χ4v) is 11.1. The van der Waals surface area contributed by atoms with Crippen molar-refractivity contribution >= 4 is 12.2 Å². The van der Waals surface area contributed by atoms with Crippen molar-refractivity contribution in [3.63, 3.8) is 0 Å². The van der Waals surface area contributed by atoms with E-state index in [9.17, 15) is 72.4 Å². The first kappa shape index (κ1) is 69.3. The Hall–Kier alpha value is -8.22. The number of hydrogen-bond acceptors (Lipinski definition) is 9. The van der Waals surface area contributed by atoms with Crippen LogP contribution in [0.3, 0.4) is 0 Å². The number of ether oxygens (including phenoxy) is 4. The average molecular weight is 1270 g/mol. The van der Waals surface area contributed by atoms with Crippen molar-refractivity contribution in [2.45, 2.75) is 125 Å². The standard InChI is InChI=1S/C33H32F6N2O5.C33H34F6N2O3/c1-3-14-30(41(43)44)15-16-31(26-12-8-5-9-13-26,40(21-30)29(42)45-20-24-10-6-4-7-11-24)22-46-23(2)25-17-27(32(34,35)36)19-28(18-25)33(37,38)39;1-3-14-30(40)15-16-31(26-12-8-5-9-13-26,41(21-30)29(42)43-20-24-10-6-4-7-11-24)22-44-23(2)25-17-27(32(34,35)36)19-28(18-25)33(37,38)39/h3-13,17-19,23H,1,14-16,20-22H2,2H3;3-13,17-19,23H,1,14-16,20-22,40H2,2H3/t2*23-,30+,31-/m11/s1. The van der Waals surface area contributed by atoms with Crippen LogP contribution in [-0.2, 0) is 67.9 Å². The Morgan fingerprint density at radius 3 is 1.20 bits per heavy atom. The highest BCUT2D eigenvalue weighted by molar-refractivity contribution is 5.71. The maximum atomic E-state index is 13.8. The van der Waals surface area contributed by atoms with Gasteiger partial charge in [-0.1, -0.05) is 133 Å². The lowest BCUT2D eigenvalue weighted by atomic mass is 9.74. The van der Waals surface area contributed by atoms with Gasteiger partial charge >= 0.3 is 36.9 Å². The van der Waals surface area contributed by atoms with E-state index in [0.29, 0.717) is 53.8 Å². The minimum atomic E-state index is -5.05. The summed E-state index contributed by atoms with van der Waals surface area (Å²) in [7, 11) is 0. The van der Waals surface area contributed by atoms with Crippen molar-refractivity contribution in [1.29, 1.82) is 0 Å². The first-order valence-corrected chi connectivity index (χ1v) is 28.3. The highest BCUT2D eigenvalue weighted by Crippen LogP contribution is 2.48. The molecule has 6 aromatic rings. The molecule has 90 heavy (non-hydrogen) atoms. The monoisotopic (exact) mass is 1270 g/mol. The minimum absolute atomic E-state index is 0.0260. The Morgan fingerprint density at radius 1 is 0.533 bits per heavy atom. The summed E-state index contributed by atoms with van der Waals surface area (Å²) in [5, 5.41) is 12.4. The molecule has 2 aliphatic heterocycles. The third kappa shape index (κ3) is 16.8. The van der Waals surface area contributed by atoms with Gasteiger partial charge in [-0.25, -0.2) is 9.59 Å². The van der Waals surface area contributed by atoms with E-state index >= 15 is 0 Å². The van der Waals surface area contributed by atoms with Gasteiger partial charge in [0.1, 0.15) is 13.2 Å². The number of benzene rings is 6. The zero-order chi connectivity index (χ0) is 65.9. The minimum Gasteiger partial charge on any atom is -0.445 e. The molecular formula is C66H66F12N4O8. The van der Waals surface area contributed by atoms with Crippen LogP contribution in [-0.4, -0.2) is 64.3 Å². The zero-order valence-corrected chi connectivity index (χ0v) is 48.9. The molecule has 2 fully saturated rings. The van der Waals surface area contributed by atoms with Crippen molar-refractivity contribution < 1.29 is 86.1 Å². The van der Waals surface area contributed by atoms with Crippen LogP contribution in [0.15, 0.2) is 183 Å². The molecule has 2 saturated heterocycles. The van der Waals surface area contributed by atoms with Gasteiger partial charge in [0.15, 0.2) is 0 Å². The molecule has 24 heteroatoms. The molecule has 6 aromatic carbocycles. The lowest BCUT2D eigenvalue weighted by molar-refractivity contribution is -0.575. The van der Waals surface area contributed by atoms with Crippen LogP contribution in [0.1, 0.15) is 120 Å². The Bertz CT molecular complexity index is 3350. The number of halogens is 12. The molecular weight excluding hydrogens is 1200 g/mol. The molecule has 0 aliphatic carbocycles. The highest BCUT2D eigenvalue weighted by Gasteiger charge is 2.58. The van der Waals surface area contributed by atoms with Gasteiger partial charge in [0.2, 0.25) is 5.54 Å². The number of nitrogens with zero attached hydrogens (tertiary/aromatic N) is 3. The van der Waals surface area contributed by atoms with Gasteiger partial charge in [0.25, 0.3) is 0 Å². The summed E-state index contributed by atoms with van der Waals surface area (Å²) in [5.74, 6) is 0. The van der Waals surface area contributed by atoms with E-state index in [0.717, 1.165) is 5.56 Å². The van der Waals surface area contributed by atoms with Gasteiger partial charge in [-0.05, 0) is 109 Å². The highest BCUT2D eigenvalue weighted by atomic mass is 19.4. The van der Waals surface area contributed by atoms with E-state index < -0.39 is 112 Å². The summed E-state index contributed by atoms with van der Waals surface area (Å²) < 4.78 is 186. The van der Waals surface area contributed by atoms with Gasteiger partial charge in [0, 0.05) is 29.8 Å². The Kier molecular flexibility index (Phi) is 21.8. The fourth-order valence-electron chi connectivity index (χ4n) is 11.1. The van der Waals surface area contributed by atoms with Crippen molar-refractivity contribution in [2.75, 3.05) is 26.3 Å². The number of amides is 2. The molecule has 482 valence electrons. The van der Waals surface area contributed by atoms with Crippen molar-refractivity contribution in [1.82, 2.24) is 9.80 Å². The molecule has 0 unspecified atom stereocenters. The zero-order valence-electron chi connectivity index (χ0n) is 48.9. The van der Waals surface area contributed by atoms with Crippen molar-refractivity contribution in [3.05, 3.63) is 249 Å². The van der Waals surface area contributed by atoms with Gasteiger partial charge < -0.3 is 24.7 Å². The molecule has 2 N–H and O–H groups in total. The summed E-state index contributed by atoms with van der Waals surface area (Å²) in [5.41, 5.74) is -2.38. The number of alkyl halides is 12. The Balaban J connectivity index is 0.000000256. The Morgan fingerprint density at radius 2 is 0.867 bits per heavy atom. The number of hydrogen-bond donors (Lipinski definition) is 1. The summed E-state index contributed by atoms with van der Waals surface area (Å²) in [6, 6.07) is 37.6. The molecule has 0 saturated carbocycles. The van der Waals surface area contributed by atoms with Crippen LogP contribution >= 0.6 is 0 Å². The first-order chi connectivity index (χ1) is 42.3. The lowest BCUT2D eigenvalue weighted by Crippen LogP contribution is -2.64. The van der Waals surface area contributed by atoms with E-state index in [1.165, 1.54) is 29.7 Å². The van der Waals surface area contributed by atoms with Crippen LogP contribution in [0.4, 0.5) is 62.3 Å². The van der Waals surface area contributed by atoms with Crippen LogP contribution in [0.25, 0.3) is 0 Å². The average Bonchev–Trinajstić information content (AvgIpc) is 0.768. The quantitative estimate of drug-likeness (QED) is 0.0362. The summed E-state index contributed by atoms with van der Waals surface area (Å²) >= 11 is 0. The Labute approximate surface area is 512 Å². The molecule has 2 aliphatic rings. The van der Waals surface area contributed by atoms with Gasteiger partial charge in [-0.2, -0.15) is 52.7 Å². The van der Waals surface area contributed by atoms with Crippen LogP contribution in [0.2, 0.25) is 0 Å². The van der Waals surface area contributed by atoms with E-state index in [1.807, 2.05) is 6.07 Å². The number of rotatable bonds is 19. The SMILES string of the molecule is C=CC[C@]1(N)CC[C@@](CO[C@H](C)c2cc(C(F)(F)F)cc(C(F)(F)F)c2)(c2ccccc2)N(C(=O)OCc2ccccc2)C1.C=CC[C@]1([N+](=O)[O-])CC[C@@](CO[C@H](C)c2cc(C(F)(F)F)cc(C(F)(F)F)c2)(c2ccccc2)N(C(=O)OCc2ccccc2)C1. The maximum Gasteiger partial charge on any atom is 0.416 e. The second-order valence-corrected chi connectivity index (χ2v) is 22.5.